The predicted octanol–water partition coefficient (Wildman–Crippen LogP) is 1.61. The zero-order chi connectivity index (χ0) is 24.3. The van der Waals surface area contributed by atoms with E-state index in [1.165, 1.54) is 12.1 Å². The number of carbonyl (C=O) groups is 2. The first kappa shape index (κ1) is 26.7. The molecule has 6 rings (SSSR count). The second-order valence-corrected chi connectivity index (χ2v) is 10.7. The van der Waals surface area contributed by atoms with Gasteiger partial charge in [-0.1, -0.05) is 56.0 Å². The van der Waals surface area contributed by atoms with E-state index in [0.717, 1.165) is 76.2 Å². The fourth-order valence-corrected chi connectivity index (χ4v) is 6.46. The Balaban J connectivity index is 0.00000304. The van der Waals surface area contributed by atoms with Crippen LogP contribution in [-0.4, -0.2) is 53.6 Å². The highest BCUT2D eigenvalue weighted by molar-refractivity contribution is 5.90. The van der Waals surface area contributed by atoms with Crippen LogP contribution in [0.3, 0.4) is 0 Å². The van der Waals surface area contributed by atoms with E-state index in [1.54, 1.807) is 0 Å². The molecule has 1 aromatic heterocycles. The molecule has 1 saturated carbocycles. The van der Waals surface area contributed by atoms with E-state index in [1.807, 2.05) is 18.2 Å². The lowest BCUT2D eigenvalue weighted by Crippen LogP contribution is -3.00. The number of piperidine rings is 3. The number of hydrogen-bond donors (Lipinski definition) is 1. The van der Waals surface area contributed by atoms with Gasteiger partial charge in [0.1, 0.15) is 18.2 Å². The Morgan fingerprint density at radius 3 is 2.36 bits per heavy atom. The van der Waals surface area contributed by atoms with Crippen molar-refractivity contribution in [2.75, 3.05) is 31.5 Å². The van der Waals surface area contributed by atoms with Crippen molar-refractivity contribution in [1.82, 2.24) is 4.98 Å². The normalized spacial score (nSPS) is 26.8. The first-order chi connectivity index (χ1) is 17.0. The molecule has 4 heterocycles. The summed E-state index contributed by atoms with van der Waals surface area (Å²) in [5.74, 6) is 0.0538. The molecular weight excluding hydrogens is 525 g/mol. The van der Waals surface area contributed by atoms with Gasteiger partial charge in [-0.2, -0.15) is 0 Å². The summed E-state index contributed by atoms with van der Waals surface area (Å²) >= 11 is 0. The highest BCUT2D eigenvalue weighted by Crippen LogP contribution is 2.42. The number of nitrogens with zero attached hydrogens (tertiary/aromatic N) is 2. The number of halogens is 2. The van der Waals surface area contributed by atoms with Crippen molar-refractivity contribution >= 4 is 17.7 Å². The van der Waals surface area contributed by atoms with Crippen molar-refractivity contribution in [3.05, 3.63) is 60.0 Å². The largest absolute Gasteiger partial charge is 1.00 e. The third-order valence-electron chi connectivity index (χ3n) is 8.45. The number of pyridine rings is 1. The Morgan fingerprint density at radius 2 is 1.72 bits per heavy atom. The van der Waals surface area contributed by atoms with E-state index in [-0.39, 0.29) is 35.0 Å². The smallest absolute Gasteiger partial charge is 0.317 e. The molecule has 1 aliphatic carbocycles. The number of esters is 1. The molecule has 3 aliphatic heterocycles. The van der Waals surface area contributed by atoms with Gasteiger partial charge in [0.05, 0.1) is 24.7 Å². The van der Waals surface area contributed by atoms with E-state index < -0.39 is 11.2 Å². The molecule has 2 bridgehead atoms. The van der Waals surface area contributed by atoms with E-state index >= 15 is 0 Å². The van der Waals surface area contributed by atoms with Gasteiger partial charge in [-0.3, -0.25) is 9.59 Å². The maximum absolute atomic E-state index is 13.9. The second kappa shape index (κ2) is 11.4. The molecule has 0 spiro atoms. The minimum atomic E-state index is -0.569. The summed E-state index contributed by atoms with van der Waals surface area (Å²) < 4.78 is 20.1. The number of nitrogens with one attached hydrogen (secondary N) is 1. The van der Waals surface area contributed by atoms with E-state index in [0.29, 0.717) is 29.3 Å². The fraction of sp³-hybridized carbons (Fsp3) is 0.536. The van der Waals surface area contributed by atoms with Gasteiger partial charge in [-0.05, 0) is 30.5 Å². The lowest BCUT2D eigenvalue weighted by molar-refractivity contribution is -0.939. The third kappa shape index (κ3) is 5.65. The molecule has 6 nitrogen and oxygen atoms in total. The Bertz CT molecular complexity index is 1030. The molecule has 1 amide bonds. The van der Waals surface area contributed by atoms with Gasteiger partial charge < -0.3 is 31.5 Å². The first-order valence-corrected chi connectivity index (χ1v) is 13.0. The number of amides is 1. The zero-order valence-electron chi connectivity index (χ0n) is 20.6. The number of ether oxygens (including phenoxy) is 1. The summed E-state index contributed by atoms with van der Waals surface area (Å²) in [4.78, 5) is 30.6. The Kier molecular flexibility index (Phi) is 8.45. The predicted molar refractivity (Wildman–Crippen MR) is 131 cm³/mol. The average molecular weight is 561 g/mol. The number of benzene rings is 1. The van der Waals surface area contributed by atoms with Gasteiger partial charge in [0.2, 0.25) is 0 Å². The molecular formula is C28H35BrFN3O3. The van der Waals surface area contributed by atoms with Crippen LogP contribution < -0.4 is 22.3 Å². The number of anilines is 1. The molecule has 4 aliphatic rings. The van der Waals surface area contributed by atoms with Crippen LogP contribution in [0.25, 0.3) is 0 Å². The summed E-state index contributed by atoms with van der Waals surface area (Å²) in [7, 11) is 0. The van der Waals surface area contributed by atoms with Crippen LogP contribution in [0.15, 0.2) is 48.7 Å². The van der Waals surface area contributed by atoms with Crippen LogP contribution in [0, 0.1) is 11.7 Å². The van der Waals surface area contributed by atoms with E-state index in [4.69, 9.17) is 4.74 Å². The standard InChI is InChI=1S/C28H34FN3O3.BrH/c29-23-10-11-25(30-18-23)31-26(33)20-32-16-12-21(13-17-32)24(19-32)35-27(34)28(14-6-1-2-7-15-28)22-8-4-3-5-9-22;/h3-5,8-11,18,21,24H,1-2,6-7,12-17,19-20H2;1H/t21?,24-,32?;/m0./s1. The van der Waals surface area contributed by atoms with E-state index in [9.17, 15) is 14.0 Å². The number of fused-ring (bicyclic) bond motifs is 3. The van der Waals surface area contributed by atoms with E-state index in [2.05, 4.69) is 22.4 Å². The molecule has 8 heteroatoms. The number of hydrogen-bond acceptors (Lipinski definition) is 4. The molecule has 4 fully saturated rings. The second-order valence-electron chi connectivity index (χ2n) is 10.7. The van der Waals surface area contributed by atoms with Crippen LogP contribution in [-0.2, 0) is 19.7 Å². The number of aromatic nitrogens is 1. The van der Waals surface area contributed by atoms with Crippen molar-refractivity contribution < 1.29 is 40.2 Å². The quantitative estimate of drug-likeness (QED) is 0.331. The lowest BCUT2D eigenvalue weighted by Gasteiger charge is -2.52. The number of rotatable bonds is 6. The molecule has 3 saturated heterocycles. The molecule has 2 aromatic rings. The summed E-state index contributed by atoms with van der Waals surface area (Å²) in [5, 5.41) is 2.79. The van der Waals surface area contributed by atoms with Crippen LogP contribution in [0.2, 0.25) is 0 Å². The van der Waals surface area contributed by atoms with Crippen molar-refractivity contribution in [1.29, 1.82) is 0 Å². The fourth-order valence-electron chi connectivity index (χ4n) is 6.46. The third-order valence-corrected chi connectivity index (χ3v) is 8.45. The minimum absolute atomic E-state index is 0. The average Bonchev–Trinajstić information content (AvgIpc) is 3.14. The molecule has 0 unspecified atom stereocenters. The summed E-state index contributed by atoms with van der Waals surface area (Å²) in [6, 6.07) is 12.9. The monoisotopic (exact) mass is 559 g/mol. The first-order valence-electron chi connectivity index (χ1n) is 13.0. The van der Waals surface area contributed by atoms with Gasteiger partial charge in [-0.15, -0.1) is 0 Å². The maximum atomic E-state index is 13.9. The molecule has 194 valence electrons. The van der Waals surface area contributed by atoms with Crippen molar-refractivity contribution in [2.24, 2.45) is 5.92 Å². The molecule has 1 aromatic carbocycles. The van der Waals surface area contributed by atoms with Gasteiger partial charge in [0, 0.05) is 18.8 Å². The lowest BCUT2D eigenvalue weighted by atomic mass is 9.74. The van der Waals surface area contributed by atoms with Crippen LogP contribution in [0.4, 0.5) is 10.2 Å². The Hall–Kier alpha value is -2.32. The number of carbonyl (C=O) groups excluding carboxylic acids is 2. The van der Waals surface area contributed by atoms with Crippen LogP contribution in [0.5, 0.6) is 0 Å². The minimum Gasteiger partial charge on any atom is -1.00 e. The molecule has 36 heavy (non-hydrogen) atoms. The number of quaternary nitrogens is 1. The Labute approximate surface area is 223 Å². The maximum Gasteiger partial charge on any atom is 0.317 e. The Morgan fingerprint density at radius 1 is 1.03 bits per heavy atom. The van der Waals surface area contributed by atoms with Gasteiger partial charge in [0.25, 0.3) is 5.91 Å². The van der Waals surface area contributed by atoms with Crippen LogP contribution >= 0.6 is 0 Å². The molecule has 0 radical (unpaired) electrons. The molecule has 1 N–H and O–H groups in total. The van der Waals surface area contributed by atoms with Crippen molar-refractivity contribution in [2.45, 2.75) is 62.9 Å². The van der Waals surface area contributed by atoms with Gasteiger partial charge in [-0.25, -0.2) is 9.37 Å². The van der Waals surface area contributed by atoms with Crippen LogP contribution in [0.1, 0.15) is 56.9 Å². The summed E-state index contributed by atoms with van der Waals surface area (Å²) in [6.07, 6.45) is 8.91. The van der Waals surface area contributed by atoms with Gasteiger partial charge >= 0.3 is 5.97 Å². The SMILES string of the molecule is O=C(C[N+]12CCC(CC1)[C@@H](OC(=O)C1(c3ccccc3)CCCCCC1)C2)Nc1ccc(F)cn1.[Br-]. The molecule has 1 atom stereocenters. The summed E-state index contributed by atoms with van der Waals surface area (Å²) in [5.41, 5.74) is 0.503. The topological polar surface area (TPSA) is 68.3 Å². The van der Waals surface area contributed by atoms with Crippen molar-refractivity contribution in [3.63, 3.8) is 0 Å². The zero-order valence-corrected chi connectivity index (χ0v) is 22.2. The highest BCUT2D eigenvalue weighted by Gasteiger charge is 2.51. The summed E-state index contributed by atoms with van der Waals surface area (Å²) in [6.45, 7) is 2.80. The van der Waals surface area contributed by atoms with Crippen molar-refractivity contribution in [3.8, 4) is 0 Å². The van der Waals surface area contributed by atoms with Gasteiger partial charge in [0.15, 0.2) is 12.6 Å². The highest BCUT2D eigenvalue weighted by atomic mass is 79.9.